The van der Waals surface area contributed by atoms with Gasteiger partial charge in [0.15, 0.2) is 0 Å². The van der Waals surface area contributed by atoms with Crippen molar-refractivity contribution in [2.24, 2.45) is 7.05 Å². The second kappa shape index (κ2) is 5.16. The van der Waals surface area contributed by atoms with Crippen molar-refractivity contribution in [3.8, 4) is 6.07 Å². The van der Waals surface area contributed by atoms with Crippen LogP contribution in [-0.4, -0.2) is 9.78 Å². The van der Waals surface area contributed by atoms with Gasteiger partial charge in [0, 0.05) is 10.6 Å². The van der Waals surface area contributed by atoms with Crippen molar-refractivity contribution in [3.63, 3.8) is 0 Å². The highest BCUT2D eigenvalue weighted by Crippen LogP contribution is 2.29. The van der Waals surface area contributed by atoms with Gasteiger partial charge >= 0.3 is 0 Å². The highest BCUT2D eigenvalue weighted by molar-refractivity contribution is 14.1. The molecule has 1 N–H and O–H groups in total. The summed E-state index contributed by atoms with van der Waals surface area (Å²) in [4.78, 5) is 0. The fourth-order valence-corrected chi connectivity index (χ4v) is 2.31. The average Bonchev–Trinajstić information content (AvgIpc) is 2.58. The number of nitrogens with zero attached hydrogens (tertiary/aromatic N) is 3. The van der Waals surface area contributed by atoms with E-state index in [0.29, 0.717) is 22.1 Å². The topological polar surface area (TPSA) is 53.6 Å². The average molecular weight is 373 g/mol. The van der Waals surface area contributed by atoms with Gasteiger partial charge in [0.1, 0.15) is 17.5 Å². The molecule has 0 saturated carbocycles. The predicted molar refractivity (Wildman–Crippen MR) is 80.1 cm³/mol. The lowest BCUT2D eigenvalue weighted by Crippen LogP contribution is -2.01. The van der Waals surface area contributed by atoms with E-state index in [0.717, 1.165) is 9.26 Å². The molecule has 0 aliphatic carbocycles. The lowest BCUT2D eigenvalue weighted by atomic mass is 10.2. The summed E-state index contributed by atoms with van der Waals surface area (Å²) in [5.41, 5.74) is 2.00. The Kier molecular flexibility index (Phi) is 3.78. The van der Waals surface area contributed by atoms with Crippen LogP contribution in [0.15, 0.2) is 18.2 Å². The van der Waals surface area contributed by atoms with Gasteiger partial charge < -0.3 is 5.32 Å². The highest BCUT2D eigenvalue weighted by Gasteiger charge is 2.14. The number of aryl methyl sites for hydroxylation is 2. The van der Waals surface area contributed by atoms with Crippen LogP contribution in [0.25, 0.3) is 0 Å². The zero-order valence-electron chi connectivity index (χ0n) is 9.83. The van der Waals surface area contributed by atoms with Crippen LogP contribution < -0.4 is 5.32 Å². The van der Waals surface area contributed by atoms with E-state index < -0.39 is 0 Å². The van der Waals surface area contributed by atoms with Crippen molar-refractivity contribution >= 4 is 45.7 Å². The first-order valence-electron chi connectivity index (χ1n) is 5.18. The summed E-state index contributed by atoms with van der Waals surface area (Å²) in [6.07, 6.45) is 0. The lowest BCUT2D eigenvalue weighted by Gasteiger charge is -2.09. The summed E-state index contributed by atoms with van der Waals surface area (Å²) in [5.74, 6) is 0.652. The Balaban J connectivity index is 2.46. The van der Waals surface area contributed by atoms with E-state index in [1.807, 2.05) is 18.2 Å². The number of hydrogen-bond acceptors (Lipinski definition) is 3. The van der Waals surface area contributed by atoms with Crippen LogP contribution in [0.5, 0.6) is 0 Å². The SMILES string of the molecule is Cc1nn(C)c(Nc2cc(I)ccc2Cl)c1C#N. The van der Waals surface area contributed by atoms with Gasteiger partial charge in [-0.25, -0.2) is 0 Å². The minimum atomic E-state index is 0.535. The molecule has 0 saturated heterocycles. The van der Waals surface area contributed by atoms with Crippen molar-refractivity contribution in [2.75, 3.05) is 5.32 Å². The highest BCUT2D eigenvalue weighted by atomic mass is 127. The minimum Gasteiger partial charge on any atom is -0.338 e. The number of hydrogen-bond donors (Lipinski definition) is 1. The zero-order valence-corrected chi connectivity index (χ0v) is 12.7. The number of nitrogens with one attached hydrogen (secondary N) is 1. The number of halogens is 2. The van der Waals surface area contributed by atoms with Crippen LogP contribution in [0.4, 0.5) is 11.5 Å². The van der Waals surface area contributed by atoms with Crippen LogP contribution in [0.1, 0.15) is 11.3 Å². The summed E-state index contributed by atoms with van der Waals surface area (Å²) < 4.78 is 2.71. The summed E-state index contributed by atoms with van der Waals surface area (Å²) in [6.45, 7) is 1.81. The van der Waals surface area contributed by atoms with Gasteiger partial charge in [-0.3, -0.25) is 4.68 Å². The lowest BCUT2D eigenvalue weighted by molar-refractivity contribution is 0.765. The van der Waals surface area contributed by atoms with E-state index in [9.17, 15) is 0 Å². The van der Waals surface area contributed by atoms with Gasteiger partial charge in [0.2, 0.25) is 0 Å². The molecule has 0 bridgehead atoms. The zero-order chi connectivity index (χ0) is 13.3. The van der Waals surface area contributed by atoms with Gasteiger partial charge in [-0.2, -0.15) is 10.4 Å². The molecule has 0 aliphatic heterocycles. The minimum absolute atomic E-state index is 0.535. The first-order chi connectivity index (χ1) is 8.52. The Labute approximate surface area is 124 Å². The number of nitriles is 1. The molecule has 0 spiro atoms. The normalized spacial score (nSPS) is 10.2. The molecule has 6 heteroatoms. The molecular weight excluding hydrogens is 363 g/mol. The third-order valence-electron chi connectivity index (χ3n) is 2.52. The molecule has 0 radical (unpaired) electrons. The molecule has 0 atom stereocenters. The summed E-state index contributed by atoms with van der Waals surface area (Å²) >= 11 is 8.33. The number of anilines is 2. The van der Waals surface area contributed by atoms with Crippen LogP contribution in [0, 0.1) is 21.8 Å². The second-order valence-corrected chi connectivity index (χ2v) is 5.45. The maximum atomic E-state index is 9.14. The van der Waals surface area contributed by atoms with E-state index >= 15 is 0 Å². The third kappa shape index (κ3) is 2.44. The number of rotatable bonds is 2. The Bertz CT molecular complexity index is 642. The van der Waals surface area contributed by atoms with Gasteiger partial charge in [-0.05, 0) is 47.7 Å². The number of aromatic nitrogens is 2. The van der Waals surface area contributed by atoms with Crippen molar-refractivity contribution in [1.29, 1.82) is 5.26 Å². The fraction of sp³-hybridized carbons (Fsp3) is 0.167. The smallest absolute Gasteiger partial charge is 0.146 e. The molecule has 2 rings (SSSR count). The molecule has 0 fully saturated rings. The Morgan fingerprint density at radius 2 is 2.22 bits per heavy atom. The standard InChI is InChI=1S/C12H10ClIN4/c1-7-9(6-15)12(18(2)17-7)16-11-5-8(14)3-4-10(11)13/h3-5,16H,1-2H3. The van der Waals surface area contributed by atoms with Gasteiger partial charge in [-0.15, -0.1) is 0 Å². The molecule has 4 nitrogen and oxygen atoms in total. The Morgan fingerprint density at radius 3 is 2.89 bits per heavy atom. The van der Waals surface area contributed by atoms with Crippen molar-refractivity contribution in [1.82, 2.24) is 9.78 Å². The van der Waals surface area contributed by atoms with E-state index in [1.54, 1.807) is 18.7 Å². The molecule has 0 amide bonds. The largest absolute Gasteiger partial charge is 0.338 e. The first-order valence-corrected chi connectivity index (χ1v) is 6.64. The summed E-state index contributed by atoms with van der Waals surface area (Å²) in [6, 6.07) is 7.82. The van der Waals surface area contributed by atoms with Crippen LogP contribution in [-0.2, 0) is 7.05 Å². The molecule has 0 unspecified atom stereocenters. The van der Waals surface area contributed by atoms with Crippen LogP contribution >= 0.6 is 34.2 Å². The molecular formula is C12H10ClIN4. The maximum Gasteiger partial charge on any atom is 0.146 e. The maximum absolute atomic E-state index is 9.14. The molecule has 2 aromatic rings. The molecule has 1 heterocycles. The van der Waals surface area contributed by atoms with Gasteiger partial charge in [-0.1, -0.05) is 11.6 Å². The van der Waals surface area contributed by atoms with E-state index in [1.165, 1.54) is 0 Å². The molecule has 1 aromatic carbocycles. The Hall–Kier alpha value is -1.26. The first kappa shape index (κ1) is 13.2. The third-order valence-corrected chi connectivity index (χ3v) is 3.52. The summed E-state index contributed by atoms with van der Waals surface area (Å²) in [7, 11) is 1.79. The number of benzene rings is 1. The Morgan fingerprint density at radius 1 is 1.50 bits per heavy atom. The predicted octanol–water partition coefficient (Wildman–Crippen LogP) is 3.60. The van der Waals surface area contributed by atoms with E-state index in [2.05, 4.69) is 39.1 Å². The van der Waals surface area contributed by atoms with E-state index in [-0.39, 0.29) is 0 Å². The van der Waals surface area contributed by atoms with Crippen molar-refractivity contribution in [3.05, 3.63) is 38.0 Å². The van der Waals surface area contributed by atoms with Crippen LogP contribution in [0.3, 0.4) is 0 Å². The van der Waals surface area contributed by atoms with Crippen molar-refractivity contribution < 1.29 is 0 Å². The molecule has 0 aliphatic rings. The molecule has 18 heavy (non-hydrogen) atoms. The van der Waals surface area contributed by atoms with Crippen molar-refractivity contribution in [2.45, 2.75) is 6.92 Å². The van der Waals surface area contributed by atoms with Gasteiger partial charge in [0.25, 0.3) is 0 Å². The van der Waals surface area contributed by atoms with Gasteiger partial charge in [0.05, 0.1) is 16.4 Å². The monoisotopic (exact) mass is 372 g/mol. The molecule has 1 aromatic heterocycles. The fourth-order valence-electron chi connectivity index (χ4n) is 1.66. The van der Waals surface area contributed by atoms with Crippen LogP contribution in [0.2, 0.25) is 5.02 Å². The molecule has 92 valence electrons. The second-order valence-electron chi connectivity index (χ2n) is 3.79. The van der Waals surface area contributed by atoms with E-state index in [4.69, 9.17) is 16.9 Å². The summed E-state index contributed by atoms with van der Waals surface area (Å²) in [5, 5.41) is 17.1. The quantitative estimate of drug-likeness (QED) is 0.820.